The summed E-state index contributed by atoms with van der Waals surface area (Å²) in [6, 6.07) is 27.6. The van der Waals surface area contributed by atoms with Gasteiger partial charge in [0, 0.05) is 12.6 Å². The van der Waals surface area contributed by atoms with Gasteiger partial charge in [-0.3, -0.25) is 0 Å². The molecular formula is C18H17FeN. The maximum Gasteiger partial charge on any atom is 2.00 e. The molecule has 1 nitrogen and oxygen atoms in total. The summed E-state index contributed by atoms with van der Waals surface area (Å²) in [5.74, 6) is 0. The fourth-order valence-electron chi connectivity index (χ4n) is 2.50. The van der Waals surface area contributed by atoms with Gasteiger partial charge in [0.05, 0.1) is 0 Å². The van der Waals surface area contributed by atoms with Crippen molar-refractivity contribution in [2.45, 2.75) is 12.6 Å². The fourth-order valence-corrected chi connectivity index (χ4v) is 2.50. The molecule has 1 atom stereocenters. The normalized spacial score (nSPS) is 15.7. The van der Waals surface area contributed by atoms with Crippen LogP contribution in [0.3, 0.4) is 0 Å². The number of nitrogens with one attached hydrogen (secondary N) is 1. The van der Waals surface area contributed by atoms with Gasteiger partial charge in [-0.05, 0) is 11.1 Å². The summed E-state index contributed by atoms with van der Waals surface area (Å²) in [4.78, 5) is 0. The Morgan fingerprint density at radius 1 is 0.900 bits per heavy atom. The Kier molecular flexibility index (Phi) is 5.37. The third kappa shape index (κ3) is 3.29. The van der Waals surface area contributed by atoms with Gasteiger partial charge in [0.1, 0.15) is 0 Å². The van der Waals surface area contributed by atoms with Gasteiger partial charge in [0.15, 0.2) is 0 Å². The molecule has 1 aliphatic rings. The number of hydrogen-bond acceptors (Lipinski definition) is 1. The van der Waals surface area contributed by atoms with E-state index in [1.165, 1.54) is 16.7 Å². The van der Waals surface area contributed by atoms with Gasteiger partial charge >= 0.3 is 17.1 Å². The number of fused-ring (bicyclic) bond motifs is 1. The van der Waals surface area contributed by atoms with E-state index in [0.717, 1.165) is 6.54 Å². The molecule has 4 rings (SSSR count). The summed E-state index contributed by atoms with van der Waals surface area (Å²) >= 11 is 0. The van der Waals surface area contributed by atoms with Crippen LogP contribution in [0.1, 0.15) is 22.7 Å². The summed E-state index contributed by atoms with van der Waals surface area (Å²) < 4.78 is 0. The van der Waals surface area contributed by atoms with Crippen LogP contribution in [0.25, 0.3) is 0 Å². The van der Waals surface area contributed by atoms with Gasteiger partial charge in [-0.2, -0.15) is 30.3 Å². The Labute approximate surface area is 130 Å². The first kappa shape index (κ1) is 14.8. The Morgan fingerprint density at radius 3 is 2.35 bits per heavy atom. The smallest absolute Gasteiger partial charge is 0.304 e. The molecular weight excluding hydrogens is 286 g/mol. The van der Waals surface area contributed by atoms with E-state index in [9.17, 15) is 0 Å². The van der Waals surface area contributed by atoms with E-state index in [1.807, 2.05) is 30.3 Å². The summed E-state index contributed by atoms with van der Waals surface area (Å²) in [6.07, 6.45) is 0. The summed E-state index contributed by atoms with van der Waals surface area (Å²) in [5, 5.41) is 3.52. The minimum absolute atomic E-state index is 0. The number of hydrogen-bond donors (Lipinski definition) is 1. The Hall–Kier alpha value is -1.60. The van der Waals surface area contributed by atoms with Gasteiger partial charge in [-0.15, -0.1) is 5.56 Å². The molecule has 0 radical (unpaired) electrons. The second-order valence-electron chi connectivity index (χ2n) is 4.69. The molecule has 1 N–H and O–H groups in total. The van der Waals surface area contributed by atoms with E-state index in [0.29, 0.717) is 6.04 Å². The number of rotatable bonds is 1. The summed E-state index contributed by atoms with van der Waals surface area (Å²) in [7, 11) is 0. The van der Waals surface area contributed by atoms with Crippen LogP contribution in [0, 0.1) is 0 Å². The van der Waals surface area contributed by atoms with Crippen molar-refractivity contribution in [1.82, 2.24) is 5.32 Å². The van der Waals surface area contributed by atoms with Crippen molar-refractivity contribution in [3.63, 3.8) is 0 Å². The summed E-state index contributed by atoms with van der Waals surface area (Å²) in [6.45, 7) is 0.992. The second-order valence-corrected chi connectivity index (χ2v) is 4.69. The molecule has 0 unspecified atom stereocenters. The summed E-state index contributed by atoms with van der Waals surface area (Å²) in [5.41, 5.74) is 4.23. The first-order chi connectivity index (χ1) is 9.45. The quantitative estimate of drug-likeness (QED) is 0.529. The van der Waals surface area contributed by atoms with Crippen LogP contribution in [0.15, 0.2) is 78.9 Å². The molecule has 0 amide bonds. The van der Waals surface area contributed by atoms with Crippen molar-refractivity contribution in [1.29, 1.82) is 0 Å². The minimum atomic E-state index is 0. The van der Waals surface area contributed by atoms with Crippen LogP contribution in [-0.4, -0.2) is 0 Å². The Balaban J connectivity index is 0.000000210. The van der Waals surface area contributed by atoms with Crippen LogP contribution in [0.2, 0.25) is 0 Å². The number of benzene rings is 1. The van der Waals surface area contributed by atoms with E-state index in [2.05, 4.69) is 53.8 Å². The first-order valence-corrected chi connectivity index (χ1v) is 6.64. The average molecular weight is 303 g/mol. The van der Waals surface area contributed by atoms with Crippen LogP contribution in [0.4, 0.5) is 0 Å². The molecule has 3 aromatic rings. The van der Waals surface area contributed by atoms with E-state index in [-0.39, 0.29) is 17.1 Å². The van der Waals surface area contributed by atoms with Crippen molar-refractivity contribution >= 4 is 0 Å². The zero-order chi connectivity index (χ0) is 12.9. The van der Waals surface area contributed by atoms with Crippen LogP contribution < -0.4 is 5.32 Å². The molecule has 1 aliphatic heterocycles. The topological polar surface area (TPSA) is 12.0 Å². The third-order valence-corrected chi connectivity index (χ3v) is 3.44. The SMILES string of the molecule is [Fe+2].c1c[cH-]c([C@H]2NCc3ccccc32)c1.c1cc[cH-]c1. The molecule has 2 heteroatoms. The van der Waals surface area contributed by atoms with Gasteiger partial charge in [0.25, 0.3) is 0 Å². The van der Waals surface area contributed by atoms with Crippen molar-refractivity contribution in [3.05, 3.63) is 95.6 Å². The van der Waals surface area contributed by atoms with Gasteiger partial charge in [-0.1, -0.05) is 24.3 Å². The monoisotopic (exact) mass is 303 g/mol. The average Bonchev–Trinajstić information content (AvgIpc) is 3.21. The molecule has 0 aliphatic carbocycles. The fraction of sp³-hybridized carbons (Fsp3) is 0.111. The Morgan fingerprint density at radius 2 is 1.70 bits per heavy atom. The molecule has 0 spiro atoms. The zero-order valence-corrected chi connectivity index (χ0v) is 12.2. The first-order valence-electron chi connectivity index (χ1n) is 6.64. The van der Waals surface area contributed by atoms with Crippen molar-refractivity contribution in [2.75, 3.05) is 0 Å². The van der Waals surface area contributed by atoms with Crippen LogP contribution >= 0.6 is 0 Å². The molecule has 1 heterocycles. The van der Waals surface area contributed by atoms with Crippen molar-refractivity contribution in [3.8, 4) is 0 Å². The molecule has 3 aromatic carbocycles. The standard InChI is InChI=1S/C13H12N.C5H5.Fe/c1-2-6-10(5-1)13-12-8-4-3-7-11(12)9-14-13;1-2-4-5-3-1;/h1-8,13-14H,9H2;1-5H;/q2*-1;+2/t13-;;/m1../s1. The minimum Gasteiger partial charge on any atom is -0.304 e. The van der Waals surface area contributed by atoms with Gasteiger partial charge in [-0.25, -0.2) is 24.3 Å². The van der Waals surface area contributed by atoms with Gasteiger partial charge < -0.3 is 5.32 Å². The molecule has 0 aromatic heterocycles. The predicted octanol–water partition coefficient (Wildman–Crippen LogP) is 4.00. The third-order valence-electron chi connectivity index (χ3n) is 3.44. The van der Waals surface area contributed by atoms with Crippen LogP contribution in [0.5, 0.6) is 0 Å². The molecule has 0 saturated carbocycles. The maximum absolute atomic E-state index is 3.52. The molecule has 0 fully saturated rings. The molecule has 0 saturated heterocycles. The molecule has 0 bridgehead atoms. The van der Waals surface area contributed by atoms with E-state index >= 15 is 0 Å². The largest absolute Gasteiger partial charge is 2.00 e. The van der Waals surface area contributed by atoms with E-state index in [1.54, 1.807) is 0 Å². The van der Waals surface area contributed by atoms with Crippen molar-refractivity contribution in [2.24, 2.45) is 0 Å². The predicted molar refractivity (Wildman–Crippen MR) is 79.2 cm³/mol. The molecule has 20 heavy (non-hydrogen) atoms. The Bertz CT molecular complexity index is 579. The zero-order valence-electron chi connectivity index (χ0n) is 11.1. The maximum atomic E-state index is 3.52. The van der Waals surface area contributed by atoms with E-state index in [4.69, 9.17) is 0 Å². The second kappa shape index (κ2) is 7.25. The van der Waals surface area contributed by atoms with Gasteiger partial charge in [0.2, 0.25) is 0 Å². The molecule has 102 valence electrons. The van der Waals surface area contributed by atoms with Crippen LogP contribution in [-0.2, 0) is 23.6 Å². The van der Waals surface area contributed by atoms with E-state index < -0.39 is 0 Å². The van der Waals surface area contributed by atoms with Crippen molar-refractivity contribution < 1.29 is 17.1 Å².